The number of unbranched alkanes of at least 4 members (excludes halogenated alkanes) is 2. The summed E-state index contributed by atoms with van der Waals surface area (Å²) in [6.45, 7) is 5.60. The van der Waals surface area contributed by atoms with Crippen molar-refractivity contribution in [1.82, 2.24) is 9.47 Å². The topological polar surface area (TPSA) is 58.6 Å². The van der Waals surface area contributed by atoms with Crippen LogP contribution in [0.1, 0.15) is 66.8 Å². The molecule has 2 aromatic heterocycles. The molecule has 3 aromatic rings. The number of hydrogen-bond acceptors (Lipinski definition) is 3. The Morgan fingerprint density at radius 2 is 2.00 bits per heavy atom. The molecule has 0 unspecified atom stereocenters. The van der Waals surface area contributed by atoms with Crippen molar-refractivity contribution >= 4 is 16.9 Å². The van der Waals surface area contributed by atoms with Gasteiger partial charge >= 0.3 is 5.97 Å². The summed E-state index contributed by atoms with van der Waals surface area (Å²) in [5.74, 6) is -0.0886. The van der Waals surface area contributed by atoms with Crippen LogP contribution in [0.15, 0.2) is 40.9 Å². The summed E-state index contributed by atoms with van der Waals surface area (Å²) in [5, 5.41) is 10.2. The molecule has 1 saturated heterocycles. The second-order valence-electron chi connectivity index (χ2n) is 8.27. The summed E-state index contributed by atoms with van der Waals surface area (Å²) in [7, 11) is 0. The predicted octanol–water partition coefficient (Wildman–Crippen LogP) is 5.64. The Bertz CT molecular complexity index is 1010. The highest BCUT2D eigenvalue weighted by Gasteiger charge is 2.24. The fourth-order valence-electron chi connectivity index (χ4n) is 4.54. The standard InChI is InChI=1S/C24H29FN2O3/c1-2-3-4-11-27-16-21(20-7-5-18(25)14-22(20)27)17-9-12-26(13-10-17)15-19-6-8-23(30-19)24(28)29/h5-8,14,16-17H,2-4,9-13,15H2,1H3,(H,28,29). The Morgan fingerprint density at radius 1 is 1.20 bits per heavy atom. The molecule has 160 valence electrons. The fourth-order valence-corrected chi connectivity index (χ4v) is 4.54. The summed E-state index contributed by atoms with van der Waals surface area (Å²) < 4.78 is 21.5. The second kappa shape index (κ2) is 9.04. The summed E-state index contributed by atoms with van der Waals surface area (Å²) in [5.41, 5.74) is 2.33. The van der Waals surface area contributed by atoms with E-state index in [1.54, 1.807) is 18.2 Å². The van der Waals surface area contributed by atoms with Gasteiger partial charge in [0.2, 0.25) is 5.76 Å². The molecule has 6 heteroatoms. The van der Waals surface area contributed by atoms with Crippen molar-refractivity contribution in [2.24, 2.45) is 0 Å². The molecule has 4 rings (SSSR count). The molecule has 1 N–H and O–H groups in total. The third-order valence-corrected chi connectivity index (χ3v) is 6.16. The number of carboxylic acids is 1. The zero-order chi connectivity index (χ0) is 21.1. The van der Waals surface area contributed by atoms with Crippen molar-refractivity contribution in [2.75, 3.05) is 13.1 Å². The van der Waals surface area contributed by atoms with Crippen LogP contribution in [0.5, 0.6) is 0 Å². The minimum atomic E-state index is -1.04. The van der Waals surface area contributed by atoms with Gasteiger partial charge in [-0.3, -0.25) is 4.90 Å². The molecule has 0 spiro atoms. The minimum absolute atomic E-state index is 0.0111. The number of piperidine rings is 1. The molecule has 1 aliphatic rings. The highest BCUT2D eigenvalue weighted by Crippen LogP contribution is 2.35. The number of carboxylic acid groups (broad SMARTS) is 1. The van der Waals surface area contributed by atoms with Crippen molar-refractivity contribution in [3.05, 3.63) is 59.4 Å². The van der Waals surface area contributed by atoms with Gasteiger partial charge < -0.3 is 14.1 Å². The maximum atomic E-state index is 13.9. The van der Waals surface area contributed by atoms with E-state index in [1.807, 2.05) is 6.07 Å². The first kappa shape index (κ1) is 20.7. The lowest BCUT2D eigenvalue weighted by atomic mass is 9.89. The van der Waals surface area contributed by atoms with Crippen LogP contribution in [-0.4, -0.2) is 33.6 Å². The molecule has 3 heterocycles. The number of aromatic nitrogens is 1. The van der Waals surface area contributed by atoms with E-state index in [0.29, 0.717) is 18.2 Å². The van der Waals surface area contributed by atoms with Crippen LogP contribution in [0, 0.1) is 5.82 Å². The smallest absolute Gasteiger partial charge is 0.371 e. The number of aryl methyl sites for hydroxylation is 1. The Labute approximate surface area is 176 Å². The van der Waals surface area contributed by atoms with E-state index in [9.17, 15) is 9.18 Å². The third-order valence-electron chi connectivity index (χ3n) is 6.16. The Hall–Kier alpha value is -2.60. The largest absolute Gasteiger partial charge is 0.475 e. The molecule has 0 saturated carbocycles. The number of fused-ring (bicyclic) bond motifs is 1. The number of nitrogens with zero attached hydrogens (tertiary/aromatic N) is 2. The van der Waals surface area contributed by atoms with Gasteiger partial charge in [0, 0.05) is 18.1 Å². The van der Waals surface area contributed by atoms with E-state index >= 15 is 0 Å². The zero-order valence-corrected chi connectivity index (χ0v) is 17.4. The number of hydrogen-bond donors (Lipinski definition) is 1. The number of rotatable bonds is 8. The van der Waals surface area contributed by atoms with Gasteiger partial charge in [-0.2, -0.15) is 0 Å². The number of halogens is 1. The van der Waals surface area contributed by atoms with Gasteiger partial charge in [-0.05, 0) is 74.2 Å². The SMILES string of the molecule is CCCCCn1cc(C2CCN(Cc3ccc(C(=O)O)o3)CC2)c2ccc(F)cc21. The third kappa shape index (κ3) is 4.43. The van der Waals surface area contributed by atoms with E-state index in [2.05, 4.69) is 22.6 Å². The summed E-state index contributed by atoms with van der Waals surface area (Å²) in [6, 6.07) is 8.41. The van der Waals surface area contributed by atoms with Crippen LogP contribution in [0.2, 0.25) is 0 Å². The van der Waals surface area contributed by atoms with E-state index < -0.39 is 5.97 Å². The lowest BCUT2D eigenvalue weighted by Gasteiger charge is -2.31. The van der Waals surface area contributed by atoms with Crippen LogP contribution >= 0.6 is 0 Å². The quantitative estimate of drug-likeness (QED) is 0.486. The number of carbonyl (C=O) groups is 1. The van der Waals surface area contributed by atoms with Crippen LogP contribution in [-0.2, 0) is 13.1 Å². The molecule has 0 bridgehead atoms. The second-order valence-corrected chi connectivity index (χ2v) is 8.27. The highest BCUT2D eigenvalue weighted by molar-refractivity contribution is 5.85. The van der Waals surface area contributed by atoms with Crippen LogP contribution in [0.25, 0.3) is 10.9 Å². The van der Waals surface area contributed by atoms with Gasteiger partial charge in [-0.15, -0.1) is 0 Å². The zero-order valence-electron chi connectivity index (χ0n) is 17.4. The first-order chi connectivity index (χ1) is 14.5. The molecule has 1 fully saturated rings. The molecular weight excluding hydrogens is 383 g/mol. The molecule has 0 aliphatic carbocycles. The molecule has 1 aliphatic heterocycles. The maximum absolute atomic E-state index is 13.9. The summed E-state index contributed by atoms with van der Waals surface area (Å²) in [6.07, 6.45) is 7.75. The molecular formula is C24H29FN2O3. The van der Waals surface area contributed by atoms with Gasteiger partial charge in [-0.1, -0.05) is 19.8 Å². The van der Waals surface area contributed by atoms with Crippen molar-refractivity contribution in [2.45, 2.75) is 58.0 Å². The number of likely N-dealkylation sites (tertiary alicyclic amines) is 1. The van der Waals surface area contributed by atoms with Crippen molar-refractivity contribution in [1.29, 1.82) is 0 Å². The molecule has 30 heavy (non-hydrogen) atoms. The molecule has 1 aromatic carbocycles. The summed E-state index contributed by atoms with van der Waals surface area (Å²) in [4.78, 5) is 13.3. The number of aromatic carboxylic acids is 1. The van der Waals surface area contributed by atoms with Gasteiger partial charge in [-0.25, -0.2) is 9.18 Å². The Morgan fingerprint density at radius 3 is 2.70 bits per heavy atom. The number of benzene rings is 1. The van der Waals surface area contributed by atoms with Gasteiger partial charge in [0.15, 0.2) is 0 Å². The van der Waals surface area contributed by atoms with E-state index in [1.165, 1.54) is 29.9 Å². The van der Waals surface area contributed by atoms with Gasteiger partial charge in [0.1, 0.15) is 11.6 Å². The highest BCUT2D eigenvalue weighted by atomic mass is 19.1. The Kier molecular flexibility index (Phi) is 6.23. The van der Waals surface area contributed by atoms with Gasteiger partial charge in [0.25, 0.3) is 0 Å². The number of furan rings is 1. The fraction of sp³-hybridized carbons (Fsp3) is 0.458. The lowest BCUT2D eigenvalue weighted by molar-refractivity contribution is 0.0657. The van der Waals surface area contributed by atoms with Crippen molar-refractivity contribution in [3.63, 3.8) is 0 Å². The van der Waals surface area contributed by atoms with Crippen molar-refractivity contribution < 1.29 is 18.7 Å². The first-order valence-corrected chi connectivity index (χ1v) is 10.9. The molecule has 0 atom stereocenters. The van der Waals surface area contributed by atoms with Crippen molar-refractivity contribution in [3.8, 4) is 0 Å². The minimum Gasteiger partial charge on any atom is -0.475 e. The molecule has 0 amide bonds. The average Bonchev–Trinajstić information content (AvgIpc) is 3.34. The molecule has 0 radical (unpaired) electrons. The van der Waals surface area contributed by atoms with E-state index in [-0.39, 0.29) is 11.6 Å². The monoisotopic (exact) mass is 412 g/mol. The lowest BCUT2D eigenvalue weighted by Crippen LogP contribution is -2.32. The van der Waals surface area contributed by atoms with Crippen LogP contribution in [0.3, 0.4) is 0 Å². The summed E-state index contributed by atoms with van der Waals surface area (Å²) >= 11 is 0. The van der Waals surface area contributed by atoms with Gasteiger partial charge in [0.05, 0.1) is 12.1 Å². The van der Waals surface area contributed by atoms with Crippen LogP contribution < -0.4 is 0 Å². The average molecular weight is 413 g/mol. The van der Waals surface area contributed by atoms with E-state index in [4.69, 9.17) is 9.52 Å². The Balaban J connectivity index is 1.45. The maximum Gasteiger partial charge on any atom is 0.371 e. The first-order valence-electron chi connectivity index (χ1n) is 10.9. The van der Waals surface area contributed by atoms with Crippen LogP contribution in [0.4, 0.5) is 4.39 Å². The normalized spacial score (nSPS) is 15.8. The van der Waals surface area contributed by atoms with E-state index in [0.717, 1.165) is 44.4 Å². The molecule has 5 nitrogen and oxygen atoms in total. The predicted molar refractivity (Wildman–Crippen MR) is 114 cm³/mol.